The topological polar surface area (TPSA) is 96.7 Å². The van der Waals surface area contributed by atoms with Crippen LogP contribution in [0.5, 0.6) is 0 Å². The van der Waals surface area contributed by atoms with Crippen molar-refractivity contribution in [1.29, 1.82) is 0 Å². The number of amides is 1. The van der Waals surface area contributed by atoms with Gasteiger partial charge in [-0.3, -0.25) is 15.3 Å². The number of nitrogens with one attached hydrogen (secondary N) is 2. The number of aromatic nitrogens is 3. The van der Waals surface area contributed by atoms with E-state index in [1.807, 2.05) is 0 Å². The molecule has 7 heteroatoms. The van der Waals surface area contributed by atoms with Crippen molar-refractivity contribution in [1.82, 2.24) is 20.6 Å². The minimum Gasteiger partial charge on any atom is -0.294 e. The maximum Gasteiger partial charge on any atom is 0.237 e. The summed E-state index contributed by atoms with van der Waals surface area (Å²) in [6.07, 6.45) is 1.43. The lowest BCUT2D eigenvalue weighted by Crippen LogP contribution is -2.35. The molecule has 0 saturated carbocycles. The summed E-state index contributed by atoms with van der Waals surface area (Å²) in [4.78, 5) is 14.9. The van der Waals surface area contributed by atoms with E-state index in [9.17, 15) is 4.79 Å². The number of thioether (sulfide) groups is 1. The van der Waals surface area contributed by atoms with Crippen LogP contribution in [0.1, 0.15) is 6.92 Å². The first-order valence-corrected chi connectivity index (χ1v) is 4.71. The van der Waals surface area contributed by atoms with Gasteiger partial charge in [0.1, 0.15) is 6.33 Å². The van der Waals surface area contributed by atoms with Crippen molar-refractivity contribution in [2.24, 2.45) is 11.8 Å². The molecule has 1 atom stereocenters. The number of aromatic amines is 1. The Bertz CT molecular complexity index is 262. The number of hydrogen-bond acceptors (Lipinski definition) is 5. The summed E-state index contributed by atoms with van der Waals surface area (Å²) < 4.78 is 0. The number of rotatable bonds is 4. The summed E-state index contributed by atoms with van der Waals surface area (Å²) in [7, 11) is 0. The van der Waals surface area contributed by atoms with Gasteiger partial charge < -0.3 is 0 Å². The zero-order valence-electron chi connectivity index (χ0n) is 7.15. The van der Waals surface area contributed by atoms with Gasteiger partial charge >= 0.3 is 0 Å². The van der Waals surface area contributed by atoms with Gasteiger partial charge in [0.25, 0.3) is 0 Å². The largest absolute Gasteiger partial charge is 0.294 e. The quantitative estimate of drug-likeness (QED) is 0.265. The molecule has 0 aromatic carbocycles. The lowest BCUT2D eigenvalue weighted by molar-refractivity contribution is -0.123. The second-order valence-electron chi connectivity index (χ2n) is 2.51. The predicted octanol–water partition coefficient (Wildman–Crippen LogP) is -0.477. The number of carbonyl (C=O) groups is 1. The number of hydrogen-bond donors (Lipinski definition) is 3. The van der Waals surface area contributed by atoms with Crippen LogP contribution in [0.2, 0.25) is 0 Å². The molecule has 6 nitrogen and oxygen atoms in total. The van der Waals surface area contributed by atoms with Crippen molar-refractivity contribution >= 4 is 17.7 Å². The number of carbonyl (C=O) groups excluding carboxylic acids is 1. The molecule has 72 valence electrons. The monoisotopic (exact) mass is 201 g/mol. The maximum atomic E-state index is 11.0. The molecule has 1 amide bonds. The molecule has 1 rings (SSSR count). The van der Waals surface area contributed by atoms with E-state index in [-0.39, 0.29) is 11.8 Å². The Morgan fingerprint density at radius 3 is 3.23 bits per heavy atom. The molecule has 13 heavy (non-hydrogen) atoms. The fourth-order valence-corrected chi connectivity index (χ4v) is 1.48. The first-order chi connectivity index (χ1) is 6.24. The second-order valence-corrected chi connectivity index (χ2v) is 3.52. The van der Waals surface area contributed by atoms with E-state index in [0.29, 0.717) is 10.9 Å². The number of nitrogens with two attached hydrogens (primary N) is 1. The molecule has 0 fully saturated rings. The highest BCUT2D eigenvalue weighted by atomic mass is 32.2. The maximum absolute atomic E-state index is 11.0. The Morgan fingerprint density at radius 1 is 1.92 bits per heavy atom. The highest BCUT2D eigenvalue weighted by molar-refractivity contribution is 7.99. The molecule has 1 heterocycles. The van der Waals surface area contributed by atoms with Gasteiger partial charge in [0.15, 0.2) is 5.16 Å². The molecule has 1 unspecified atom stereocenters. The Labute approximate surface area is 79.7 Å². The van der Waals surface area contributed by atoms with E-state index in [1.54, 1.807) is 6.92 Å². The summed E-state index contributed by atoms with van der Waals surface area (Å²) >= 11 is 1.43. The normalized spacial score (nSPS) is 12.5. The van der Waals surface area contributed by atoms with E-state index >= 15 is 0 Å². The SMILES string of the molecule is CC(CSc1ncn[nH]1)C(=O)NN. The van der Waals surface area contributed by atoms with Crippen LogP contribution in [0, 0.1) is 5.92 Å². The summed E-state index contributed by atoms with van der Waals surface area (Å²) in [5.74, 6) is 5.29. The van der Waals surface area contributed by atoms with E-state index in [0.717, 1.165) is 0 Å². The average molecular weight is 201 g/mol. The molecule has 4 N–H and O–H groups in total. The number of nitrogens with zero attached hydrogens (tertiary/aromatic N) is 2. The minimum absolute atomic E-state index is 0.139. The summed E-state index contributed by atoms with van der Waals surface area (Å²) in [5.41, 5.74) is 2.10. The molecule has 0 saturated heterocycles. The number of hydrazine groups is 1. The summed E-state index contributed by atoms with van der Waals surface area (Å²) in [6, 6.07) is 0. The van der Waals surface area contributed by atoms with E-state index in [2.05, 4.69) is 20.6 Å². The van der Waals surface area contributed by atoms with Gasteiger partial charge in [-0.2, -0.15) is 5.10 Å². The van der Waals surface area contributed by atoms with Crippen molar-refractivity contribution in [2.75, 3.05) is 5.75 Å². The van der Waals surface area contributed by atoms with Crippen molar-refractivity contribution in [2.45, 2.75) is 12.1 Å². The highest BCUT2D eigenvalue weighted by Crippen LogP contribution is 2.14. The molecular weight excluding hydrogens is 190 g/mol. The average Bonchev–Trinajstić information content (AvgIpc) is 2.65. The smallest absolute Gasteiger partial charge is 0.237 e. The molecular formula is C6H11N5OS. The van der Waals surface area contributed by atoms with Crippen LogP contribution in [0.25, 0.3) is 0 Å². The molecule has 0 aliphatic carbocycles. The van der Waals surface area contributed by atoms with Gasteiger partial charge in [-0.25, -0.2) is 10.8 Å². The molecule has 0 radical (unpaired) electrons. The van der Waals surface area contributed by atoms with Crippen LogP contribution in [0.3, 0.4) is 0 Å². The third-order valence-corrected chi connectivity index (χ3v) is 2.59. The van der Waals surface area contributed by atoms with E-state index in [1.165, 1.54) is 18.1 Å². The summed E-state index contributed by atoms with van der Waals surface area (Å²) in [6.45, 7) is 1.80. The molecule has 0 aliphatic rings. The van der Waals surface area contributed by atoms with Crippen LogP contribution in [0.4, 0.5) is 0 Å². The lowest BCUT2D eigenvalue weighted by Gasteiger charge is -2.06. The van der Waals surface area contributed by atoms with Gasteiger partial charge in [-0.1, -0.05) is 18.7 Å². The van der Waals surface area contributed by atoms with Gasteiger partial charge in [0.05, 0.1) is 0 Å². The molecule has 0 spiro atoms. The van der Waals surface area contributed by atoms with Crippen molar-refractivity contribution in [3.05, 3.63) is 6.33 Å². The van der Waals surface area contributed by atoms with Gasteiger partial charge in [-0.05, 0) is 0 Å². The Morgan fingerprint density at radius 2 is 2.69 bits per heavy atom. The van der Waals surface area contributed by atoms with Crippen LogP contribution in [-0.2, 0) is 4.79 Å². The molecule has 1 aromatic rings. The zero-order chi connectivity index (χ0) is 9.68. The molecule has 0 bridgehead atoms. The second kappa shape index (κ2) is 4.83. The van der Waals surface area contributed by atoms with Crippen molar-refractivity contribution < 1.29 is 4.79 Å². The highest BCUT2D eigenvalue weighted by Gasteiger charge is 2.11. The Kier molecular flexibility index (Phi) is 3.71. The standard InChI is InChI=1S/C6H11N5OS/c1-4(5(12)10-7)2-13-6-8-3-9-11-6/h3-4H,2,7H2,1H3,(H,10,12)(H,8,9,11). The Balaban J connectivity index is 2.30. The zero-order valence-corrected chi connectivity index (χ0v) is 7.97. The van der Waals surface area contributed by atoms with Gasteiger partial charge in [-0.15, -0.1) is 0 Å². The Hall–Kier alpha value is -1.08. The van der Waals surface area contributed by atoms with Gasteiger partial charge in [0.2, 0.25) is 5.91 Å². The van der Waals surface area contributed by atoms with Crippen LogP contribution < -0.4 is 11.3 Å². The van der Waals surface area contributed by atoms with E-state index in [4.69, 9.17) is 5.84 Å². The molecule has 0 aliphatic heterocycles. The van der Waals surface area contributed by atoms with Crippen LogP contribution in [0.15, 0.2) is 11.5 Å². The molecule has 1 aromatic heterocycles. The van der Waals surface area contributed by atoms with Gasteiger partial charge in [0, 0.05) is 11.7 Å². The van der Waals surface area contributed by atoms with Crippen molar-refractivity contribution in [3.63, 3.8) is 0 Å². The third kappa shape index (κ3) is 3.03. The predicted molar refractivity (Wildman–Crippen MR) is 48.6 cm³/mol. The van der Waals surface area contributed by atoms with Crippen LogP contribution >= 0.6 is 11.8 Å². The fourth-order valence-electron chi connectivity index (χ4n) is 0.686. The van der Waals surface area contributed by atoms with E-state index < -0.39 is 0 Å². The van der Waals surface area contributed by atoms with Crippen molar-refractivity contribution in [3.8, 4) is 0 Å². The summed E-state index contributed by atoms with van der Waals surface area (Å²) in [5, 5.41) is 7.08. The third-order valence-electron chi connectivity index (χ3n) is 1.45. The first-order valence-electron chi connectivity index (χ1n) is 3.72. The lowest BCUT2D eigenvalue weighted by atomic mass is 10.2. The minimum atomic E-state index is -0.174. The first kappa shape index (κ1) is 10.0. The number of H-pyrrole nitrogens is 1. The van der Waals surface area contributed by atoms with Crippen LogP contribution in [-0.4, -0.2) is 26.8 Å². The fraction of sp³-hybridized carbons (Fsp3) is 0.500.